The Morgan fingerprint density at radius 3 is 2.50 bits per heavy atom. The molecule has 0 bridgehead atoms. The van der Waals surface area contributed by atoms with Crippen LogP contribution in [0.5, 0.6) is 0 Å². The van der Waals surface area contributed by atoms with Gasteiger partial charge in [0.2, 0.25) is 0 Å². The molecule has 0 saturated heterocycles. The minimum atomic E-state index is 0.430. The van der Waals surface area contributed by atoms with E-state index in [1.54, 1.807) is 16.8 Å². The Kier molecular flexibility index (Phi) is 6.92. The Labute approximate surface area is 115 Å². The summed E-state index contributed by atoms with van der Waals surface area (Å²) in [4.78, 5) is 0. The molecule has 0 unspecified atom stereocenters. The van der Waals surface area contributed by atoms with E-state index in [4.69, 9.17) is 0 Å². The zero-order chi connectivity index (χ0) is 11.9. The van der Waals surface area contributed by atoms with Gasteiger partial charge in [-0.05, 0) is 18.3 Å². The maximum Gasteiger partial charge on any atom is 0.174 e. The summed E-state index contributed by atoms with van der Waals surface area (Å²) in [5, 5.41) is 9.06. The van der Waals surface area contributed by atoms with Gasteiger partial charge in [0.05, 0.1) is 0 Å². The third kappa shape index (κ3) is 4.34. The van der Waals surface area contributed by atoms with E-state index in [0.29, 0.717) is 5.41 Å². The molecule has 0 fully saturated rings. The summed E-state index contributed by atoms with van der Waals surface area (Å²) < 4.78 is 1.09. The molecule has 0 N–H and O–H groups in total. The molecule has 1 aromatic heterocycles. The van der Waals surface area contributed by atoms with Gasteiger partial charge in [0, 0.05) is 11.1 Å². The van der Waals surface area contributed by atoms with Gasteiger partial charge >= 0.3 is 0 Å². The van der Waals surface area contributed by atoms with Crippen LogP contribution in [0.2, 0.25) is 0 Å². The zero-order valence-corrected chi connectivity index (χ0v) is 13.1. The molecule has 1 rings (SSSR count). The summed E-state index contributed by atoms with van der Waals surface area (Å²) in [5.74, 6) is 1.15. The number of halogens is 1. The third-order valence-corrected chi connectivity index (χ3v) is 6.09. The lowest BCUT2D eigenvalue weighted by Crippen LogP contribution is -2.25. The molecule has 0 radical (unpaired) electrons. The van der Waals surface area contributed by atoms with Crippen LogP contribution in [0.25, 0.3) is 0 Å². The first-order chi connectivity index (χ1) is 7.76. The van der Waals surface area contributed by atoms with Crippen LogP contribution in [0.1, 0.15) is 39.5 Å². The lowest BCUT2D eigenvalue weighted by atomic mass is 9.83. The number of hydrogen-bond donors (Lipinski definition) is 0. The van der Waals surface area contributed by atoms with Crippen LogP contribution in [-0.2, 0) is 0 Å². The first-order valence-electron chi connectivity index (χ1n) is 5.71. The maximum atomic E-state index is 4.09. The molecule has 0 aliphatic carbocycles. The van der Waals surface area contributed by atoms with Crippen LogP contribution in [0.3, 0.4) is 0 Å². The van der Waals surface area contributed by atoms with Crippen LogP contribution in [0.4, 0.5) is 0 Å². The fraction of sp³-hybridized carbons (Fsp3) is 0.818. The van der Waals surface area contributed by atoms with E-state index < -0.39 is 0 Å². The smallest absolute Gasteiger partial charge is 0.146 e. The number of hydrogen-bond acceptors (Lipinski definition) is 4. The molecule has 92 valence electrons. The number of nitrogens with zero attached hydrogens (tertiary/aromatic N) is 2. The number of aromatic nitrogens is 2. The minimum Gasteiger partial charge on any atom is -0.146 e. The van der Waals surface area contributed by atoms with Crippen molar-refractivity contribution in [3.05, 3.63) is 5.51 Å². The zero-order valence-electron chi connectivity index (χ0n) is 9.91. The van der Waals surface area contributed by atoms with Crippen molar-refractivity contribution in [1.29, 1.82) is 0 Å². The van der Waals surface area contributed by atoms with E-state index in [0.717, 1.165) is 15.4 Å². The lowest BCUT2D eigenvalue weighted by molar-refractivity contribution is 0.320. The van der Waals surface area contributed by atoms with Crippen LogP contribution < -0.4 is 0 Å². The quantitative estimate of drug-likeness (QED) is 0.516. The van der Waals surface area contributed by atoms with Gasteiger partial charge < -0.3 is 0 Å². The van der Waals surface area contributed by atoms with Crippen LogP contribution in [0.15, 0.2) is 9.85 Å². The highest BCUT2D eigenvalue weighted by Crippen LogP contribution is 2.38. The molecular weight excluding hydrogens is 304 g/mol. The van der Waals surface area contributed by atoms with E-state index in [-0.39, 0.29) is 0 Å². The van der Waals surface area contributed by atoms with Gasteiger partial charge in [-0.15, -0.1) is 10.2 Å². The van der Waals surface area contributed by atoms with Gasteiger partial charge in [-0.2, -0.15) is 0 Å². The molecule has 0 saturated carbocycles. The largest absolute Gasteiger partial charge is 0.174 e. The highest BCUT2D eigenvalue weighted by molar-refractivity contribution is 9.09. The standard InChI is InChI=1S/C11H19BrN2S2/c1-3-5-11(7-12,6-4-2)8-15-10-14-13-9-16-10/h9H,3-8H2,1-2H3. The van der Waals surface area contributed by atoms with E-state index in [2.05, 4.69) is 40.0 Å². The van der Waals surface area contributed by atoms with Gasteiger partial charge in [0.15, 0.2) is 4.34 Å². The van der Waals surface area contributed by atoms with Crippen molar-refractivity contribution in [2.45, 2.75) is 43.9 Å². The Morgan fingerprint density at radius 2 is 2.06 bits per heavy atom. The molecule has 0 amide bonds. The lowest BCUT2D eigenvalue weighted by Gasteiger charge is -2.30. The first-order valence-corrected chi connectivity index (χ1v) is 8.70. The second-order valence-corrected chi connectivity index (χ2v) is 6.74. The Balaban J connectivity index is 2.54. The summed E-state index contributed by atoms with van der Waals surface area (Å²) in [5.41, 5.74) is 2.23. The number of alkyl halides is 1. The monoisotopic (exact) mass is 322 g/mol. The molecule has 0 aromatic carbocycles. The Bertz CT molecular complexity index is 272. The van der Waals surface area contributed by atoms with E-state index in [1.807, 2.05) is 11.8 Å². The fourth-order valence-electron chi connectivity index (χ4n) is 1.94. The molecular formula is C11H19BrN2S2. The third-order valence-electron chi connectivity index (χ3n) is 2.69. The highest BCUT2D eigenvalue weighted by Gasteiger charge is 2.27. The molecule has 16 heavy (non-hydrogen) atoms. The molecule has 2 nitrogen and oxygen atoms in total. The molecule has 0 aliphatic heterocycles. The van der Waals surface area contributed by atoms with Gasteiger partial charge in [-0.25, -0.2) is 0 Å². The molecule has 5 heteroatoms. The topological polar surface area (TPSA) is 25.8 Å². The van der Waals surface area contributed by atoms with Crippen molar-refractivity contribution in [2.75, 3.05) is 11.1 Å². The molecule has 0 atom stereocenters. The van der Waals surface area contributed by atoms with E-state index >= 15 is 0 Å². The van der Waals surface area contributed by atoms with Crippen molar-refractivity contribution in [3.63, 3.8) is 0 Å². The van der Waals surface area contributed by atoms with Gasteiger partial charge in [-0.3, -0.25) is 0 Å². The first kappa shape index (κ1) is 14.5. The van der Waals surface area contributed by atoms with E-state index in [1.165, 1.54) is 25.7 Å². The average molecular weight is 323 g/mol. The summed E-state index contributed by atoms with van der Waals surface area (Å²) in [6.45, 7) is 4.53. The SMILES string of the molecule is CCCC(CBr)(CCC)CSc1nncs1. The number of rotatable bonds is 8. The number of thioether (sulfide) groups is 1. The predicted molar refractivity (Wildman–Crippen MR) is 76.7 cm³/mol. The molecule has 1 heterocycles. The van der Waals surface area contributed by atoms with Crippen molar-refractivity contribution in [2.24, 2.45) is 5.41 Å². The van der Waals surface area contributed by atoms with Crippen LogP contribution >= 0.6 is 39.0 Å². The Morgan fingerprint density at radius 1 is 1.38 bits per heavy atom. The minimum absolute atomic E-state index is 0.430. The van der Waals surface area contributed by atoms with Crippen LogP contribution in [-0.4, -0.2) is 21.3 Å². The van der Waals surface area contributed by atoms with Crippen molar-refractivity contribution < 1.29 is 0 Å². The average Bonchev–Trinajstić information content (AvgIpc) is 2.79. The van der Waals surface area contributed by atoms with Crippen molar-refractivity contribution >= 4 is 39.0 Å². The fourth-order valence-corrected chi connectivity index (χ4v) is 4.75. The van der Waals surface area contributed by atoms with Crippen molar-refractivity contribution in [3.8, 4) is 0 Å². The summed E-state index contributed by atoms with van der Waals surface area (Å²) in [6, 6.07) is 0. The summed E-state index contributed by atoms with van der Waals surface area (Å²) in [7, 11) is 0. The molecule has 0 spiro atoms. The van der Waals surface area contributed by atoms with Gasteiger partial charge in [0.25, 0.3) is 0 Å². The summed E-state index contributed by atoms with van der Waals surface area (Å²) in [6.07, 6.45) is 5.08. The van der Waals surface area contributed by atoms with Gasteiger partial charge in [-0.1, -0.05) is 65.7 Å². The Hall–Kier alpha value is 0.390. The van der Waals surface area contributed by atoms with Gasteiger partial charge in [0.1, 0.15) is 5.51 Å². The highest BCUT2D eigenvalue weighted by atomic mass is 79.9. The summed E-state index contributed by atoms with van der Waals surface area (Å²) >= 11 is 7.18. The van der Waals surface area contributed by atoms with Crippen molar-refractivity contribution in [1.82, 2.24) is 10.2 Å². The second kappa shape index (κ2) is 7.67. The predicted octanol–water partition coefficient (Wildman–Crippen LogP) is 4.61. The van der Waals surface area contributed by atoms with E-state index in [9.17, 15) is 0 Å². The van der Waals surface area contributed by atoms with Crippen LogP contribution in [0, 0.1) is 5.41 Å². The molecule has 0 aliphatic rings. The second-order valence-electron chi connectivity index (χ2n) is 4.13. The maximum absolute atomic E-state index is 4.09. The normalized spacial score (nSPS) is 11.9. The molecule has 1 aromatic rings.